The van der Waals surface area contributed by atoms with E-state index in [4.69, 9.17) is 16.0 Å². The number of carbonyl (C=O) groups is 1. The molecule has 0 bridgehead atoms. The van der Waals surface area contributed by atoms with E-state index in [9.17, 15) is 9.59 Å². The van der Waals surface area contributed by atoms with Crippen LogP contribution in [0.2, 0.25) is 5.02 Å². The van der Waals surface area contributed by atoms with Gasteiger partial charge in [0.25, 0.3) is 5.91 Å². The van der Waals surface area contributed by atoms with E-state index in [1.807, 2.05) is 24.3 Å². The number of halogens is 2. The first-order valence-corrected chi connectivity index (χ1v) is 10.7. The number of hydrogen-bond donors (Lipinski definition) is 1. The highest BCUT2D eigenvalue weighted by atomic mass is 79.9. The Hall–Kier alpha value is -2.15. The Morgan fingerprint density at radius 1 is 1.17 bits per heavy atom. The Labute approximate surface area is 181 Å². The first-order chi connectivity index (χ1) is 14.0. The lowest BCUT2D eigenvalue weighted by Gasteiger charge is -2.28. The molecule has 0 aliphatic carbocycles. The number of fused-ring (bicyclic) bond motifs is 1. The van der Waals surface area contributed by atoms with Gasteiger partial charge in [0.15, 0.2) is 11.2 Å². The van der Waals surface area contributed by atoms with Crippen LogP contribution in [0, 0.1) is 0 Å². The molecule has 1 amide bonds. The van der Waals surface area contributed by atoms with Crippen LogP contribution in [0.4, 0.5) is 0 Å². The average Bonchev–Trinajstić information content (AvgIpc) is 3.24. The fourth-order valence-electron chi connectivity index (χ4n) is 3.75. The molecular weight excluding hydrogens is 456 g/mol. The zero-order valence-corrected chi connectivity index (χ0v) is 18.0. The van der Waals surface area contributed by atoms with Crippen molar-refractivity contribution in [3.8, 4) is 0 Å². The van der Waals surface area contributed by atoms with Crippen LogP contribution in [0.15, 0.2) is 62.2 Å². The fourth-order valence-corrected chi connectivity index (χ4v) is 4.37. The predicted molar refractivity (Wildman–Crippen MR) is 118 cm³/mol. The topological polar surface area (TPSA) is 62.6 Å². The Balaban J connectivity index is 1.57. The maximum absolute atomic E-state index is 12.7. The van der Waals surface area contributed by atoms with Gasteiger partial charge in [-0.1, -0.05) is 45.7 Å². The maximum Gasteiger partial charge on any atom is 0.287 e. The molecular formula is C22H20BrClN2O3. The number of likely N-dealkylation sites (tertiary alicyclic amines) is 1. The highest BCUT2D eigenvalue weighted by Crippen LogP contribution is 2.29. The minimum absolute atomic E-state index is 0.00385. The van der Waals surface area contributed by atoms with Gasteiger partial charge in [0.2, 0.25) is 0 Å². The normalized spacial score (nSPS) is 15.5. The van der Waals surface area contributed by atoms with Gasteiger partial charge >= 0.3 is 0 Å². The summed E-state index contributed by atoms with van der Waals surface area (Å²) in [7, 11) is 0. The molecule has 1 atom stereocenters. The molecule has 7 heteroatoms. The van der Waals surface area contributed by atoms with Crippen molar-refractivity contribution in [2.24, 2.45) is 0 Å². The number of nitrogens with one attached hydrogen (secondary N) is 1. The molecule has 0 spiro atoms. The van der Waals surface area contributed by atoms with Gasteiger partial charge in [0.05, 0.1) is 11.4 Å². The van der Waals surface area contributed by atoms with Gasteiger partial charge in [-0.15, -0.1) is 0 Å². The van der Waals surface area contributed by atoms with Crippen molar-refractivity contribution in [3.63, 3.8) is 0 Å². The first kappa shape index (κ1) is 20.1. The summed E-state index contributed by atoms with van der Waals surface area (Å²) in [6.45, 7) is 2.31. The lowest BCUT2D eigenvalue weighted by Crippen LogP contribution is -2.37. The molecule has 0 saturated carbocycles. The fraction of sp³-hybridized carbons (Fsp3) is 0.273. The molecule has 1 N–H and O–H groups in total. The summed E-state index contributed by atoms with van der Waals surface area (Å²) in [5, 5.41) is 4.04. The van der Waals surface area contributed by atoms with E-state index in [0.717, 1.165) is 36.0 Å². The first-order valence-electron chi connectivity index (χ1n) is 9.53. The van der Waals surface area contributed by atoms with Crippen LogP contribution in [-0.4, -0.2) is 30.4 Å². The van der Waals surface area contributed by atoms with Crippen LogP contribution in [-0.2, 0) is 0 Å². The minimum Gasteiger partial charge on any atom is -0.451 e. The van der Waals surface area contributed by atoms with Gasteiger partial charge in [-0.3, -0.25) is 14.5 Å². The molecule has 3 aromatic rings. The molecule has 4 rings (SSSR count). The third-order valence-corrected chi connectivity index (χ3v) is 6.05. The Bertz CT molecular complexity index is 1110. The smallest absolute Gasteiger partial charge is 0.287 e. The predicted octanol–water partition coefficient (Wildman–Crippen LogP) is 4.78. The van der Waals surface area contributed by atoms with Gasteiger partial charge < -0.3 is 9.73 Å². The molecule has 2 heterocycles. The standard InChI is InChI=1S/C22H20BrClN2O3/c23-14-7-8-20-16(11-14)19(27)12-21(29-20)22(28)25-13-18(26-9-3-4-10-26)15-5-1-2-6-17(15)24/h1-2,5-8,11-12,18H,3-4,9-10,13H2,(H,25,28)/t18-/m0/s1. The number of carbonyl (C=O) groups excluding carboxylic acids is 1. The van der Waals surface area contributed by atoms with Crippen LogP contribution in [0.1, 0.15) is 35.0 Å². The summed E-state index contributed by atoms with van der Waals surface area (Å²) in [4.78, 5) is 27.5. The summed E-state index contributed by atoms with van der Waals surface area (Å²) in [5.74, 6) is -0.410. The largest absolute Gasteiger partial charge is 0.451 e. The molecule has 2 aromatic carbocycles. The maximum atomic E-state index is 12.7. The molecule has 0 radical (unpaired) electrons. The summed E-state index contributed by atoms with van der Waals surface area (Å²) in [6.07, 6.45) is 2.26. The van der Waals surface area contributed by atoms with Crippen LogP contribution in [0.25, 0.3) is 11.0 Å². The van der Waals surface area contributed by atoms with E-state index in [2.05, 4.69) is 26.1 Å². The van der Waals surface area contributed by atoms with E-state index in [0.29, 0.717) is 22.5 Å². The second kappa shape index (κ2) is 8.69. The molecule has 0 unspecified atom stereocenters. The average molecular weight is 476 g/mol. The summed E-state index contributed by atoms with van der Waals surface area (Å²) in [6, 6.07) is 14.0. The number of benzene rings is 2. The van der Waals surface area contributed by atoms with Crippen molar-refractivity contribution in [3.05, 3.63) is 79.6 Å². The van der Waals surface area contributed by atoms with Gasteiger partial charge in [-0.2, -0.15) is 0 Å². The van der Waals surface area contributed by atoms with Gasteiger partial charge in [0, 0.05) is 22.1 Å². The van der Waals surface area contributed by atoms with Crippen molar-refractivity contribution in [1.29, 1.82) is 0 Å². The zero-order chi connectivity index (χ0) is 20.4. The van der Waals surface area contributed by atoms with Crippen LogP contribution < -0.4 is 10.7 Å². The molecule has 29 heavy (non-hydrogen) atoms. The van der Waals surface area contributed by atoms with Crippen LogP contribution in [0.5, 0.6) is 0 Å². The second-order valence-electron chi connectivity index (χ2n) is 7.11. The monoisotopic (exact) mass is 474 g/mol. The summed E-state index contributed by atoms with van der Waals surface area (Å²) in [5.41, 5.74) is 1.12. The van der Waals surface area contributed by atoms with Crippen molar-refractivity contribution in [1.82, 2.24) is 10.2 Å². The molecule has 150 valence electrons. The summed E-state index contributed by atoms with van der Waals surface area (Å²) < 4.78 is 6.45. The van der Waals surface area contributed by atoms with Crippen LogP contribution >= 0.6 is 27.5 Å². The molecule has 5 nitrogen and oxygen atoms in total. The SMILES string of the molecule is O=C(NC[C@@H](c1ccccc1Cl)N1CCCC1)c1cc(=O)c2cc(Br)ccc2o1. The summed E-state index contributed by atoms with van der Waals surface area (Å²) >= 11 is 9.77. The number of hydrogen-bond acceptors (Lipinski definition) is 4. The highest BCUT2D eigenvalue weighted by molar-refractivity contribution is 9.10. The van der Waals surface area contributed by atoms with Gasteiger partial charge in [0.1, 0.15) is 5.58 Å². The molecule has 1 aromatic heterocycles. The van der Waals surface area contributed by atoms with Crippen molar-refractivity contribution in [2.75, 3.05) is 19.6 Å². The van der Waals surface area contributed by atoms with Gasteiger partial charge in [-0.05, 0) is 55.8 Å². The van der Waals surface area contributed by atoms with Gasteiger partial charge in [-0.25, -0.2) is 0 Å². The second-order valence-corrected chi connectivity index (χ2v) is 8.43. The lowest BCUT2D eigenvalue weighted by atomic mass is 10.1. The number of nitrogens with zero attached hydrogens (tertiary/aromatic N) is 1. The van der Waals surface area contributed by atoms with E-state index >= 15 is 0 Å². The van der Waals surface area contributed by atoms with E-state index in [1.165, 1.54) is 6.07 Å². The lowest BCUT2D eigenvalue weighted by molar-refractivity contribution is 0.0910. The Morgan fingerprint density at radius 2 is 1.93 bits per heavy atom. The third-order valence-electron chi connectivity index (χ3n) is 5.21. The third kappa shape index (κ3) is 4.39. The quantitative estimate of drug-likeness (QED) is 0.577. The Kier molecular flexibility index (Phi) is 6.04. The van der Waals surface area contributed by atoms with E-state index in [-0.39, 0.29) is 17.2 Å². The molecule has 1 aliphatic heterocycles. The van der Waals surface area contributed by atoms with Crippen LogP contribution in [0.3, 0.4) is 0 Å². The van der Waals surface area contributed by atoms with Crippen molar-refractivity contribution in [2.45, 2.75) is 18.9 Å². The van der Waals surface area contributed by atoms with E-state index < -0.39 is 5.91 Å². The van der Waals surface area contributed by atoms with Crippen molar-refractivity contribution >= 4 is 44.4 Å². The number of rotatable bonds is 5. The zero-order valence-electron chi connectivity index (χ0n) is 15.7. The molecule has 1 saturated heterocycles. The molecule has 1 fully saturated rings. The van der Waals surface area contributed by atoms with Crippen molar-refractivity contribution < 1.29 is 9.21 Å². The van der Waals surface area contributed by atoms with E-state index in [1.54, 1.807) is 18.2 Å². The number of amides is 1. The highest BCUT2D eigenvalue weighted by Gasteiger charge is 2.26. The minimum atomic E-state index is -0.414. The Morgan fingerprint density at radius 3 is 2.69 bits per heavy atom. The molecule has 1 aliphatic rings.